The normalized spacial score (nSPS) is 18.6. The van der Waals surface area contributed by atoms with Crippen LogP contribution in [-0.4, -0.2) is 23.5 Å². The highest BCUT2D eigenvalue weighted by Gasteiger charge is 2.39. The molecule has 0 N–H and O–H groups in total. The van der Waals surface area contributed by atoms with Crippen molar-refractivity contribution in [2.24, 2.45) is 5.92 Å². The van der Waals surface area contributed by atoms with Crippen LogP contribution in [0.5, 0.6) is 0 Å². The molecule has 21 heavy (non-hydrogen) atoms. The molecular formula is C17H20ClNO2. The number of hydrogen-bond donors (Lipinski definition) is 0. The van der Waals surface area contributed by atoms with Gasteiger partial charge in [-0.25, -0.2) is 0 Å². The fourth-order valence-electron chi connectivity index (χ4n) is 3.07. The predicted octanol–water partition coefficient (Wildman–Crippen LogP) is 4.10. The molecule has 1 atom stereocenters. The van der Waals surface area contributed by atoms with Crippen LogP contribution in [0.4, 0.5) is 0 Å². The number of halogens is 1. The molecule has 0 bridgehead atoms. The molecule has 3 rings (SSSR count). The maximum atomic E-state index is 12.8. The van der Waals surface area contributed by atoms with E-state index in [1.807, 2.05) is 17.9 Å². The molecule has 0 aromatic heterocycles. The second-order valence-electron chi connectivity index (χ2n) is 5.85. The van der Waals surface area contributed by atoms with E-state index in [1.165, 1.54) is 12.8 Å². The number of benzene rings is 1. The highest BCUT2D eigenvalue weighted by molar-refractivity contribution is 6.31. The molecule has 0 radical (unpaired) electrons. The SMILES string of the molecule is C=C(OCC)c1cc(Cl)cc2c1C(=O)N([C@@H](C)C1CC1)C2. The molecule has 0 saturated heterocycles. The summed E-state index contributed by atoms with van der Waals surface area (Å²) in [5, 5.41) is 0.623. The van der Waals surface area contributed by atoms with Crippen molar-refractivity contribution in [2.45, 2.75) is 39.3 Å². The number of fused-ring (bicyclic) bond motifs is 1. The average Bonchev–Trinajstić information content (AvgIpc) is 3.23. The molecule has 1 aliphatic carbocycles. The first-order chi connectivity index (χ1) is 10.0. The van der Waals surface area contributed by atoms with Gasteiger partial charge in [0.1, 0.15) is 5.76 Å². The first-order valence-electron chi connectivity index (χ1n) is 7.48. The molecule has 0 unspecified atom stereocenters. The Labute approximate surface area is 130 Å². The van der Waals surface area contributed by atoms with Crippen molar-refractivity contribution < 1.29 is 9.53 Å². The van der Waals surface area contributed by atoms with Crippen molar-refractivity contribution in [2.75, 3.05) is 6.61 Å². The van der Waals surface area contributed by atoms with Gasteiger partial charge in [0.25, 0.3) is 5.91 Å². The number of ether oxygens (including phenoxy) is 1. The molecule has 3 nitrogen and oxygen atoms in total. The number of carbonyl (C=O) groups is 1. The summed E-state index contributed by atoms with van der Waals surface area (Å²) in [6, 6.07) is 3.95. The molecule has 112 valence electrons. The Morgan fingerprint density at radius 1 is 1.52 bits per heavy atom. The molecule has 1 aliphatic heterocycles. The van der Waals surface area contributed by atoms with Crippen LogP contribution in [-0.2, 0) is 11.3 Å². The van der Waals surface area contributed by atoms with E-state index in [-0.39, 0.29) is 11.9 Å². The highest BCUT2D eigenvalue weighted by atomic mass is 35.5. The van der Waals surface area contributed by atoms with Crippen molar-refractivity contribution in [3.63, 3.8) is 0 Å². The Balaban J connectivity index is 1.97. The van der Waals surface area contributed by atoms with Crippen molar-refractivity contribution in [3.05, 3.63) is 40.4 Å². The average molecular weight is 306 g/mol. The van der Waals surface area contributed by atoms with Gasteiger partial charge in [-0.1, -0.05) is 18.2 Å². The van der Waals surface area contributed by atoms with Gasteiger partial charge in [-0.05, 0) is 50.3 Å². The Hall–Kier alpha value is -1.48. The van der Waals surface area contributed by atoms with Crippen LogP contribution >= 0.6 is 11.6 Å². The fourth-order valence-corrected chi connectivity index (χ4v) is 3.31. The molecule has 1 aromatic carbocycles. The third-order valence-electron chi connectivity index (χ3n) is 4.42. The van der Waals surface area contributed by atoms with Crippen molar-refractivity contribution in [3.8, 4) is 0 Å². The van der Waals surface area contributed by atoms with E-state index in [0.29, 0.717) is 35.4 Å². The van der Waals surface area contributed by atoms with Crippen LogP contribution in [0.3, 0.4) is 0 Å². The molecule has 1 saturated carbocycles. The van der Waals surface area contributed by atoms with Gasteiger partial charge in [0.2, 0.25) is 0 Å². The lowest BCUT2D eigenvalue weighted by molar-refractivity contribution is 0.0697. The van der Waals surface area contributed by atoms with Crippen LogP contribution in [0.1, 0.15) is 48.2 Å². The minimum Gasteiger partial charge on any atom is -0.494 e. The Morgan fingerprint density at radius 2 is 2.24 bits per heavy atom. The number of nitrogens with zero attached hydrogens (tertiary/aromatic N) is 1. The van der Waals surface area contributed by atoms with Crippen LogP contribution in [0.25, 0.3) is 5.76 Å². The van der Waals surface area contributed by atoms with E-state index in [0.717, 1.165) is 11.1 Å². The first kappa shape index (κ1) is 14.5. The summed E-state index contributed by atoms with van der Waals surface area (Å²) in [4.78, 5) is 14.8. The second kappa shape index (κ2) is 5.38. The Kier molecular flexibility index (Phi) is 3.70. The largest absolute Gasteiger partial charge is 0.494 e. The fraction of sp³-hybridized carbons (Fsp3) is 0.471. The van der Waals surface area contributed by atoms with E-state index >= 15 is 0 Å². The number of rotatable bonds is 5. The van der Waals surface area contributed by atoms with Crippen LogP contribution in [0.15, 0.2) is 18.7 Å². The van der Waals surface area contributed by atoms with Gasteiger partial charge in [0, 0.05) is 23.2 Å². The zero-order valence-electron chi connectivity index (χ0n) is 12.5. The Bertz CT molecular complexity index is 607. The zero-order valence-corrected chi connectivity index (χ0v) is 13.2. The number of hydrogen-bond acceptors (Lipinski definition) is 2. The molecule has 4 heteroatoms. The van der Waals surface area contributed by atoms with E-state index in [2.05, 4.69) is 13.5 Å². The van der Waals surface area contributed by atoms with Crippen LogP contribution in [0, 0.1) is 5.92 Å². The minimum atomic E-state index is 0.0805. The van der Waals surface area contributed by atoms with Gasteiger partial charge in [-0.3, -0.25) is 4.79 Å². The van der Waals surface area contributed by atoms with Gasteiger partial charge in [0.15, 0.2) is 0 Å². The standard InChI is InChI=1S/C17H20ClNO2/c1-4-21-11(3)15-8-14(18)7-13-9-19(17(20)16(13)15)10(2)12-5-6-12/h7-8,10,12H,3-6,9H2,1-2H3/t10-/m0/s1. The quantitative estimate of drug-likeness (QED) is 0.766. The van der Waals surface area contributed by atoms with E-state index in [4.69, 9.17) is 16.3 Å². The molecule has 0 spiro atoms. The van der Waals surface area contributed by atoms with Gasteiger partial charge in [-0.15, -0.1) is 0 Å². The molecule has 1 amide bonds. The predicted molar refractivity (Wildman–Crippen MR) is 84.2 cm³/mol. The van der Waals surface area contributed by atoms with Gasteiger partial charge in [0.05, 0.1) is 12.2 Å². The highest BCUT2D eigenvalue weighted by Crippen LogP contribution is 2.40. The number of amides is 1. The maximum absolute atomic E-state index is 12.8. The number of carbonyl (C=O) groups excluding carboxylic acids is 1. The summed E-state index contributed by atoms with van der Waals surface area (Å²) in [6.07, 6.45) is 2.45. The lowest BCUT2D eigenvalue weighted by Gasteiger charge is -2.24. The zero-order chi connectivity index (χ0) is 15.1. The Morgan fingerprint density at radius 3 is 2.86 bits per heavy atom. The summed E-state index contributed by atoms with van der Waals surface area (Å²) in [7, 11) is 0. The third-order valence-corrected chi connectivity index (χ3v) is 4.63. The second-order valence-corrected chi connectivity index (χ2v) is 6.29. The molecule has 1 fully saturated rings. The summed E-state index contributed by atoms with van der Waals surface area (Å²) < 4.78 is 5.49. The van der Waals surface area contributed by atoms with Crippen LogP contribution < -0.4 is 0 Å². The molecule has 1 aromatic rings. The van der Waals surface area contributed by atoms with E-state index < -0.39 is 0 Å². The van der Waals surface area contributed by atoms with Crippen molar-refractivity contribution in [1.29, 1.82) is 0 Å². The van der Waals surface area contributed by atoms with E-state index in [1.54, 1.807) is 6.07 Å². The van der Waals surface area contributed by atoms with E-state index in [9.17, 15) is 4.79 Å². The summed E-state index contributed by atoms with van der Waals surface area (Å²) >= 11 is 6.20. The van der Waals surface area contributed by atoms with Crippen molar-refractivity contribution in [1.82, 2.24) is 4.90 Å². The molecule has 2 aliphatic rings. The smallest absolute Gasteiger partial charge is 0.255 e. The van der Waals surface area contributed by atoms with Crippen LogP contribution in [0.2, 0.25) is 5.02 Å². The molecular weight excluding hydrogens is 286 g/mol. The topological polar surface area (TPSA) is 29.5 Å². The van der Waals surface area contributed by atoms with Gasteiger partial charge in [-0.2, -0.15) is 0 Å². The first-order valence-corrected chi connectivity index (χ1v) is 7.86. The third kappa shape index (κ3) is 2.55. The monoisotopic (exact) mass is 305 g/mol. The van der Waals surface area contributed by atoms with Crippen molar-refractivity contribution >= 4 is 23.3 Å². The maximum Gasteiger partial charge on any atom is 0.255 e. The minimum absolute atomic E-state index is 0.0805. The lowest BCUT2D eigenvalue weighted by Crippen LogP contribution is -2.34. The summed E-state index contributed by atoms with van der Waals surface area (Å²) in [6.45, 7) is 9.14. The molecule has 1 heterocycles. The van der Waals surface area contributed by atoms with Gasteiger partial charge >= 0.3 is 0 Å². The summed E-state index contributed by atoms with van der Waals surface area (Å²) in [5.41, 5.74) is 2.43. The van der Waals surface area contributed by atoms with Gasteiger partial charge < -0.3 is 9.64 Å². The summed E-state index contributed by atoms with van der Waals surface area (Å²) in [5.74, 6) is 1.25. The lowest BCUT2D eigenvalue weighted by atomic mass is 10.0.